The van der Waals surface area contributed by atoms with E-state index in [1.807, 2.05) is 0 Å². The second-order valence-electron chi connectivity index (χ2n) is 6.52. The van der Waals surface area contributed by atoms with Gasteiger partial charge in [-0.15, -0.1) is 0 Å². The van der Waals surface area contributed by atoms with Crippen molar-refractivity contribution in [2.75, 3.05) is 11.1 Å². The zero-order valence-corrected chi connectivity index (χ0v) is 18.5. The van der Waals surface area contributed by atoms with E-state index < -0.39 is 21.5 Å². The molecule has 28 heavy (non-hydrogen) atoms. The molecule has 0 bridgehead atoms. The minimum atomic E-state index is -3.69. The molecule has 0 heterocycles. The van der Waals surface area contributed by atoms with Crippen molar-refractivity contribution < 1.29 is 18.0 Å². The number of hydrogen-bond acceptors (Lipinski definition) is 4. The van der Waals surface area contributed by atoms with E-state index in [1.54, 1.807) is 38.1 Å². The van der Waals surface area contributed by atoms with Gasteiger partial charge in [0, 0.05) is 15.5 Å². The van der Waals surface area contributed by atoms with E-state index >= 15 is 0 Å². The van der Waals surface area contributed by atoms with E-state index in [0.717, 1.165) is 4.47 Å². The molecular formula is C19H20BrClN2O4S. The van der Waals surface area contributed by atoms with Gasteiger partial charge in [0.1, 0.15) is 5.75 Å². The van der Waals surface area contributed by atoms with Gasteiger partial charge in [0.05, 0.1) is 17.0 Å². The fourth-order valence-electron chi connectivity index (χ4n) is 2.43. The van der Waals surface area contributed by atoms with Crippen molar-refractivity contribution in [3.8, 4) is 0 Å². The number of carbonyl (C=O) groups is 2. The van der Waals surface area contributed by atoms with Crippen LogP contribution in [-0.4, -0.2) is 32.0 Å². The minimum Gasteiger partial charge on any atom is -0.350 e. The maximum absolute atomic E-state index is 12.3. The number of sulfone groups is 1. The lowest BCUT2D eigenvalue weighted by Crippen LogP contribution is -2.31. The zero-order valence-electron chi connectivity index (χ0n) is 15.3. The summed E-state index contributed by atoms with van der Waals surface area (Å²) >= 11 is 9.24. The number of halogens is 2. The maximum atomic E-state index is 12.3. The maximum Gasteiger partial charge on any atom is 0.253 e. The summed E-state index contributed by atoms with van der Waals surface area (Å²) in [5.41, 5.74) is 0.946. The summed E-state index contributed by atoms with van der Waals surface area (Å²) in [4.78, 5) is 24.6. The van der Waals surface area contributed by atoms with Crippen molar-refractivity contribution in [2.45, 2.75) is 25.6 Å². The lowest BCUT2D eigenvalue weighted by molar-refractivity contribution is -0.113. The number of benzene rings is 2. The Morgan fingerprint density at radius 2 is 1.75 bits per heavy atom. The third kappa shape index (κ3) is 6.92. The van der Waals surface area contributed by atoms with Crippen LogP contribution in [0.1, 0.15) is 29.8 Å². The van der Waals surface area contributed by atoms with Gasteiger partial charge in [-0.3, -0.25) is 9.59 Å². The van der Waals surface area contributed by atoms with Crippen LogP contribution in [0, 0.1) is 0 Å². The van der Waals surface area contributed by atoms with Gasteiger partial charge >= 0.3 is 0 Å². The molecule has 9 heteroatoms. The Hall–Kier alpha value is -1.90. The lowest BCUT2D eigenvalue weighted by atomic mass is 10.1. The van der Waals surface area contributed by atoms with E-state index in [-0.39, 0.29) is 29.0 Å². The number of amides is 2. The summed E-state index contributed by atoms with van der Waals surface area (Å²) in [7, 11) is -3.69. The van der Waals surface area contributed by atoms with Gasteiger partial charge in [-0.1, -0.05) is 39.7 Å². The molecule has 0 saturated carbocycles. The molecule has 0 fully saturated rings. The third-order valence-electron chi connectivity index (χ3n) is 3.57. The highest BCUT2D eigenvalue weighted by molar-refractivity contribution is 9.10. The molecule has 0 saturated heterocycles. The molecular weight excluding hydrogens is 468 g/mol. The molecule has 6 nitrogen and oxygen atoms in total. The minimum absolute atomic E-state index is 0.0991. The second kappa shape index (κ2) is 9.54. The molecule has 0 aliphatic rings. The predicted octanol–water partition coefficient (Wildman–Crippen LogP) is 3.79. The monoisotopic (exact) mass is 486 g/mol. The van der Waals surface area contributed by atoms with Gasteiger partial charge in [-0.2, -0.15) is 0 Å². The van der Waals surface area contributed by atoms with E-state index in [1.165, 1.54) is 18.2 Å². The first-order valence-electron chi connectivity index (χ1n) is 8.41. The summed E-state index contributed by atoms with van der Waals surface area (Å²) in [5.74, 6) is -2.09. The summed E-state index contributed by atoms with van der Waals surface area (Å²) in [6, 6.07) is 11.1. The van der Waals surface area contributed by atoms with E-state index in [2.05, 4.69) is 26.6 Å². The molecule has 2 N–H and O–H groups in total. The standard InChI is InChI=1S/C19H20BrClN2O4S/c1-12(2)22-19(25)16-8-7-15(21)9-17(16)23-18(24)11-28(26,27)10-13-3-5-14(20)6-4-13/h3-9,12H,10-11H2,1-2H3,(H,22,25)(H,23,24). The first kappa shape index (κ1) is 22.4. The first-order chi connectivity index (χ1) is 13.1. The van der Waals surface area contributed by atoms with Crippen LogP contribution in [0.2, 0.25) is 5.02 Å². The average molecular weight is 488 g/mol. The van der Waals surface area contributed by atoms with Crippen LogP contribution in [0.4, 0.5) is 5.69 Å². The SMILES string of the molecule is CC(C)NC(=O)c1ccc(Cl)cc1NC(=O)CS(=O)(=O)Cc1ccc(Br)cc1. The molecule has 0 aromatic heterocycles. The van der Waals surface area contributed by atoms with Gasteiger partial charge in [-0.05, 0) is 49.7 Å². The van der Waals surface area contributed by atoms with Crippen LogP contribution >= 0.6 is 27.5 Å². The molecule has 0 atom stereocenters. The summed E-state index contributed by atoms with van der Waals surface area (Å²) in [6.07, 6.45) is 0. The number of carbonyl (C=O) groups excluding carboxylic acids is 2. The second-order valence-corrected chi connectivity index (χ2v) is 9.94. The summed E-state index contributed by atoms with van der Waals surface area (Å²) in [5, 5.41) is 5.52. The summed E-state index contributed by atoms with van der Waals surface area (Å²) in [6.45, 7) is 3.61. The van der Waals surface area contributed by atoms with Crippen LogP contribution in [0.25, 0.3) is 0 Å². The molecule has 150 valence electrons. The molecule has 0 aliphatic heterocycles. The highest BCUT2D eigenvalue weighted by Gasteiger charge is 2.20. The topological polar surface area (TPSA) is 92.3 Å². The lowest BCUT2D eigenvalue weighted by Gasteiger charge is -2.14. The number of rotatable bonds is 7. The average Bonchev–Trinajstić information content (AvgIpc) is 2.55. The highest BCUT2D eigenvalue weighted by atomic mass is 79.9. The molecule has 0 aliphatic carbocycles. The number of hydrogen-bond donors (Lipinski definition) is 2. The van der Waals surface area contributed by atoms with Gasteiger partial charge in [-0.25, -0.2) is 8.42 Å². The zero-order chi connectivity index (χ0) is 20.9. The smallest absolute Gasteiger partial charge is 0.253 e. The van der Waals surface area contributed by atoms with Crippen molar-refractivity contribution in [3.05, 3.63) is 63.1 Å². The summed E-state index contributed by atoms with van der Waals surface area (Å²) < 4.78 is 25.5. The fourth-order valence-corrected chi connectivity index (χ4v) is 4.14. The Labute approximate surface area is 177 Å². The largest absolute Gasteiger partial charge is 0.350 e. The Balaban J connectivity index is 2.12. The third-order valence-corrected chi connectivity index (χ3v) is 5.81. The Morgan fingerprint density at radius 3 is 2.36 bits per heavy atom. The van der Waals surface area contributed by atoms with Crippen molar-refractivity contribution >= 4 is 54.9 Å². The molecule has 2 rings (SSSR count). The van der Waals surface area contributed by atoms with Crippen molar-refractivity contribution in [2.24, 2.45) is 0 Å². The molecule has 2 aromatic rings. The van der Waals surface area contributed by atoms with Crippen LogP contribution in [-0.2, 0) is 20.4 Å². The molecule has 0 spiro atoms. The molecule has 0 unspecified atom stereocenters. The van der Waals surface area contributed by atoms with E-state index in [4.69, 9.17) is 11.6 Å². The van der Waals surface area contributed by atoms with Gasteiger partial charge in [0.15, 0.2) is 9.84 Å². The highest BCUT2D eigenvalue weighted by Crippen LogP contribution is 2.22. The Morgan fingerprint density at radius 1 is 1.11 bits per heavy atom. The van der Waals surface area contributed by atoms with Gasteiger partial charge < -0.3 is 10.6 Å². The number of anilines is 1. The van der Waals surface area contributed by atoms with E-state index in [0.29, 0.717) is 10.6 Å². The predicted molar refractivity (Wildman–Crippen MR) is 114 cm³/mol. The van der Waals surface area contributed by atoms with Crippen molar-refractivity contribution in [1.29, 1.82) is 0 Å². The molecule has 2 aromatic carbocycles. The van der Waals surface area contributed by atoms with Gasteiger partial charge in [0.25, 0.3) is 5.91 Å². The van der Waals surface area contributed by atoms with Crippen LogP contribution in [0.5, 0.6) is 0 Å². The van der Waals surface area contributed by atoms with Gasteiger partial charge in [0.2, 0.25) is 5.91 Å². The van der Waals surface area contributed by atoms with E-state index in [9.17, 15) is 18.0 Å². The van der Waals surface area contributed by atoms with Crippen molar-refractivity contribution in [1.82, 2.24) is 5.32 Å². The first-order valence-corrected chi connectivity index (χ1v) is 11.4. The van der Waals surface area contributed by atoms with Crippen LogP contribution in [0.3, 0.4) is 0 Å². The number of nitrogens with one attached hydrogen (secondary N) is 2. The Bertz CT molecular complexity index is 976. The Kier molecular flexibility index (Phi) is 7.63. The quantitative estimate of drug-likeness (QED) is 0.621. The fraction of sp³-hybridized carbons (Fsp3) is 0.263. The molecule has 0 radical (unpaired) electrons. The normalized spacial score (nSPS) is 11.3. The van der Waals surface area contributed by atoms with Crippen LogP contribution < -0.4 is 10.6 Å². The van der Waals surface area contributed by atoms with Crippen LogP contribution in [0.15, 0.2) is 46.9 Å². The molecule has 2 amide bonds. The van der Waals surface area contributed by atoms with Crippen molar-refractivity contribution in [3.63, 3.8) is 0 Å².